The second kappa shape index (κ2) is 7.12. The quantitative estimate of drug-likeness (QED) is 0.602. The Bertz CT molecular complexity index is 1010. The monoisotopic (exact) mass is 359 g/mol. The van der Waals surface area contributed by atoms with Gasteiger partial charge in [0, 0.05) is 14.2 Å². The molecule has 0 amide bonds. The van der Waals surface area contributed by atoms with E-state index in [1.165, 1.54) is 7.11 Å². The molecule has 1 aromatic carbocycles. The molecule has 0 saturated heterocycles. The van der Waals surface area contributed by atoms with Gasteiger partial charge in [0.1, 0.15) is 11.6 Å². The zero-order valence-corrected chi connectivity index (χ0v) is 15.2. The number of carbonyl (C=O) groups excluding carboxylic acids is 1. The first-order valence-corrected chi connectivity index (χ1v) is 8.13. The lowest BCUT2D eigenvalue weighted by Gasteiger charge is -2.04. The van der Waals surface area contributed by atoms with Crippen molar-refractivity contribution in [3.05, 3.63) is 45.9 Å². The molecule has 9 heteroatoms. The molecule has 0 bridgehead atoms. The zero-order valence-electron chi connectivity index (χ0n) is 15.2. The van der Waals surface area contributed by atoms with Crippen LogP contribution >= 0.6 is 0 Å². The molecule has 0 unspecified atom stereocenters. The Kier molecular flexibility index (Phi) is 4.90. The number of methoxy groups -OCH3 is 2. The third-order valence-electron chi connectivity index (χ3n) is 4.22. The van der Waals surface area contributed by atoms with Crippen LogP contribution in [-0.4, -0.2) is 50.7 Å². The Hall–Kier alpha value is -2.94. The minimum absolute atomic E-state index is 0.195. The summed E-state index contributed by atoms with van der Waals surface area (Å²) in [6.45, 7) is 2.86. The van der Waals surface area contributed by atoms with Crippen LogP contribution in [-0.2, 0) is 29.6 Å². The summed E-state index contributed by atoms with van der Waals surface area (Å²) in [5.74, 6) is 0.831. The number of aromatic nitrogens is 5. The van der Waals surface area contributed by atoms with Gasteiger partial charge in [0.05, 0.1) is 43.4 Å². The van der Waals surface area contributed by atoms with E-state index in [1.54, 1.807) is 53.1 Å². The van der Waals surface area contributed by atoms with E-state index in [0.717, 1.165) is 5.52 Å². The first-order chi connectivity index (χ1) is 12.5. The number of esters is 1. The molecular formula is C17H21N5O4. The lowest BCUT2D eigenvalue weighted by atomic mass is 10.2. The van der Waals surface area contributed by atoms with Gasteiger partial charge < -0.3 is 9.47 Å². The summed E-state index contributed by atoms with van der Waals surface area (Å²) in [6.07, 6.45) is 0. The fraction of sp³-hybridized carbons (Fsp3) is 0.412. The number of rotatable bonds is 6. The van der Waals surface area contributed by atoms with Crippen LogP contribution in [0.1, 0.15) is 22.0 Å². The molecular weight excluding hydrogens is 338 g/mol. The van der Waals surface area contributed by atoms with Crippen molar-refractivity contribution in [1.29, 1.82) is 0 Å². The molecule has 9 nitrogen and oxygen atoms in total. The van der Waals surface area contributed by atoms with Crippen molar-refractivity contribution < 1.29 is 14.3 Å². The maximum absolute atomic E-state index is 13.0. The Morgan fingerprint density at radius 2 is 1.96 bits per heavy atom. The van der Waals surface area contributed by atoms with Crippen molar-refractivity contribution in [2.45, 2.75) is 20.0 Å². The molecule has 3 rings (SSSR count). The van der Waals surface area contributed by atoms with E-state index in [-0.39, 0.29) is 12.2 Å². The smallest absolute Gasteiger partial charge is 0.337 e. The third kappa shape index (κ3) is 3.13. The molecule has 0 spiro atoms. The topological polar surface area (TPSA) is 93.2 Å². The SMILES string of the molecule is COCCn1c(=O)n(Cc2nc(C)nn2C)c2cc(C(=O)OC)ccc21. The second-order valence-electron chi connectivity index (χ2n) is 5.91. The molecule has 0 N–H and O–H groups in total. The van der Waals surface area contributed by atoms with E-state index in [9.17, 15) is 9.59 Å². The van der Waals surface area contributed by atoms with Crippen LogP contribution in [0.25, 0.3) is 11.0 Å². The highest BCUT2D eigenvalue weighted by Gasteiger charge is 2.18. The van der Waals surface area contributed by atoms with Gasteiger partial charge in [-0.3, -0.25) is 13.8 Å². The predicted octanol–water partition coefficient (Wildman–Crippen LogP) is 0.721. The first kappa shape index (κ1) is 17.9. The fourth-order valence-corrected chi connectivity index (χ4v) is 2.95. The highest BCUT2D eigenvalue weighted by atomic mass is 16.5. The van der Waals surface area contributed by atoms with Crippen LogP contribution in [0.3, 0.4) is 0 Å². The minimum Gasteiger partial charge on any atom is -0.465 e. The summed E-state index contributed by atoms with van der Waals surface area (Å²) >= 11 is 0. The van der Waals surface area contributed by atoms with E-state index < -0.39 is 5.97 Å². The van der Waals surface area contributed by atoms with Crippen molar-refractivity contribution in [3.63, 3.8) is 0 Å². The summed E-state index contributed by atoms with van der Waals surface area (Å²) in [7, 11) is 4.69. The number of hydrogen-bond donors (Lipinski definition) is 0. The number of fused-ring (bicyclic) bond motifs is 1. The van der Waals surface area contributed by atoms with Gasteiger partial charge in [0.2, 0.25) is 0 Å². The number of benzene rings is 1. The maximum atomic E-state index is 13.0. The number of aryl methyl sites for hydroxylation is 2. The van der Waals surface area contributed by atoms with Crippen molar-refractivity contribution in [2.75, 3.05) is 20.8 Å². The van der Waals surface area contributed by atoms with Gasteiger partial charge in [-0.2, -0.15) is 5.10 Å². The molecule has 0 fully saturated rings. The van der Waals surface area contributed by atoms with Crippen molar-refractivity contribution >= 4 is 17.0 Å². The van der Waals surface area contributed by atoms with Gasteiger partial charge in [-0.05, 0) is 25.1 Å². The van der Waals surface area contributed by atoms with Crippen molar-refractivity contribution in [3.8, 4) is 0 Å². The van der Waals surface area contributed by atoms with Gasteiger partial charge >= 0.3 is 11.7 Å². The minimum atomic E-state index is -0.454. The molecule has 0 saturated carbocycles. The number of imidazole rings is 1. The van der Waals surface area contributed by atoms with Crippen LogP contribution in [0.2, 0.25) is 0 Å². The van der Waals surface area contributed by atoms with E-state index in [0.29, 0.717) is 35.9 Å². The van der Waals surface area contributed by atoms with E-state index >= 15 is 0 Å². The Balaban J connectivity index is 2.17. The van der Waals surface area contributed by atoms with Crippen LogP contribution in [0.15, 0.2) is 23.0 Å². The van der Waals surface area contributed by atoms with Crippen LogP contribution in [0, 0.1) is 6.92 Å². The molecule has 138 valence electrons. The third-order valence-corrected chi connectivity index (χ3v) is 4.22. The average Bonchev–Trinajstić information content (AvgIpc) is 3.08. The average molecular weight is 359 g/mol. The highest BCUT2D eigenvalue weighted by Crippen LogP contribution is 2.17. The lowest BCUT2D eigenvalue weighted by Crippen LogP contribution is -2.26. The van der Waals surface area contributed by atoms with Gasteiger partial charge in [-0.25, -0.2) is 14.6 Å². The van der Waals surface area contributed by atoms with E-state index in [4.69, 9.17) is 9.47 Å². The predicted molar refractivity (Wildman–Crippen MR) is 94.3 cm³/mol. The fourth-order valence-electron chi connectivity index (χ4n) is 2.95. The number of hydrogen-bond acceptors (Lipinski definition) is 6. The van der Waals surface area contributed by atoms with Crippen LogP contribution in [0.5, 0.6) is 0 Å². The lowest BCUT2D eigenvalue weighted by molar-refractivity contribution is 0.0601. The van der Waals surface area contributed by atoms with E-state index in [2.05, 4.69) is 10.1 Å². The normalized spacial score (nSPS) is 11.2. The molecule has 26 heavy (non-hydrogen) atoms. The number of nitrogens with zero attached hydrogens (tertiary/aromatic N) is 5. The van der Waals surface area contributed by atoms with Crippen LogP contribution in [0.4, 0.5) is 0 Å². The molecule has 2 aromatic heterocycles. The summed E-state index contributed by atoms with van der Waals surface area (Å²) in [5, 5.41) is 4.22. The summed E-state index contributed by atoms with van der Waals surface area (Å²) in [5.41, 5.74) is 1.54. The zero-order chi connectivity index (χ0) is 18.8. The first-order valence-electron chi connectivity index (χ1n) is 8.13. The largest absolute Gasteiger partial charge is 0.465 e. The molecule has 3 aromatic rings. The molecule has 0 radical (unpaired) electrons. The van der Waals surface area contributed by atoms with E-state index in [1.807, 2.05) is 0 Å². The molecule has 0 atom stereocenters. The molecule has 2 heterocycles. The summed E-state index contributed by atoms with van der Waals surface area (Å²) in [6, 6.07) is 5.06. The molecule has 0 aliphatic heterocycles. The van der Waals surface area contributed by atoms with Crippen molar-refractivity contribution in [1.82, 2.24) is 23.9 Å². The number of ether oxygens (including phenoxy) is 2. The second-order valence-corrected chi connectivity index (χ2v) is 5.91. The Labute approximate surface area is 149 Å². The van der Waals surface area contributed by atoms with Gasteiger partial charge in [0.25, 0.3) is 0 Å². The Morgan fingerprint density at radius 3 is 2.58 bits per heavy atom. The van der Waals surface area contributed by atoms with Gasteiger partial charge in [-0.15, -0.1) is 0 Å². The summed E-state index contributed by atoms with van der Waals surface area (Å²) in [4.78, 5) is 29.2. The molecule has 0 aliphatic rings. The summed E-state index contributed by atoms with van der Waals surface area (Å²) < 4.78 is 14.8. The van der Waals surface area contributed by atoms with Gasteiger partial charge in [0.15, 0.2) is 0 Å². The maximum Gasteiger partial charge on any atom is 0.337 e. The number of carbonyl (C=O) groups is 1. The van der Waals surface area contributed by atoms with Crippen molar-refractivity contribution in [2.24, 2.45) is 7.05 Å². The Morgan fingerprint density at radius 1 is 1.19 bits per heavy atom. The standard InChI is InChI=1S/C17H21N5O4/c1-11-18-15(20(2)19-11)10-22-14-9-12(16(23)26-4)5-6-13(14)21(17(22)24)7-8-25-3/h5-6,9H,7-8,10H2,1-4H3. The molecule has 0 aliphatic carbocycles. The van der Waals surface area contributed by atoms with Gasteiger partial charge in [-0.1, -0.05) is 0 Å². The highest BCUT2D eigenvalue weighted by molar-refractivity contribution is 5.93. The van der Waals surface area contributed by atoms with Crippen LogP contribution < -0.4 is 5.69 Å².